The third-order valence-electron chi connectivity index (χ3n) is 1.50. The van der Waals surface area contributed by atoms with Gasteiger partial charge < -0.3 is 19.3 Å². The zero-order chi connectivity index (χ0) is 13.0. The molecule has 0 aliphatic heterocycles. The summed E-state index contributed by atoms with van der Waals surface area (Å²) in [6.07, 6.45) is -0.110. The topological polar surface area (TPSA) is 82.1 Å². The van der Waals surface area contributed by atoms with Crippen molar-refractivity contribution >= 4 is 11.9 Å². The van der Waals surface area contributed by atoms with E-state index in [4.69, 9.17) is 5.11 Å². The molecule has 1 unspecified atom stereocenters. The molecule has 0 aromatic carbocycles. The van der Waals surface area contributed by atoms with Crippen LogP contribution in [0.5, 0.6) is 0 Å². The van der Waals surface area contributed by atoms with Gasteiger partial charge in [-0.05, 0) is 13.3 Å². The molecule has 0 rings (SSSR count). The molecule has 16 heavy (non-hydrogen) atoms. The maximum absolute atomic E-state index is 10.3. The third-order valence-corrected chi connectivity index (χ3v) is 1.50. The van der Waals surface area contributed by atoms with Crippen LogP contribution in [0.3, 0.4) is 0 Å². The quantitative estimate of drug-likeness (QED) is 0.683. The number of hydrogen-bond donors (Lipinski definition) is 1. The van der Waals surface area contributed by atoms with E-state index in [9.17, 15) is 9.59 Å². The van der Waals surface area contributed by atoms with Crippen LogP contribution in [-0.4, -0.2) is 50.6 Å². The molecule has 6 nitrogen and oxygen atoms in total. The summed E-state index contributed by atoms with van der Waals surface area (Å²) in [5.41, 5.74) is 0. The fourth-order valence-corrected chi connectivity index (χ4v) is 0.763. The Hall–Kier alpha value is -1.14. The van der Waals surface area contributed by atoms with Gasteiger partial charge >= 0.3 is 11.9 Å². The lowest BCUT2D eigenvalue weighted by atomic mass is 10.3. The molecule has 0 radical (unpaired) electrons. The van der Waals surface area contributed by atoms with Crippen molar-refractivity contribution in [2.24, 2.45) is 0 Å². The van der Waals surface area contributed by atoms with Crippen LogP contribution in [0, 0.1) is 0 Å². The van der Waals surface area contributed by atoms with E-state index in [1.165, 1.54) is 14.2 Å². The Morgan fingerprint density at radius 2 is 1.81 bits per heavy atom. The van der Waals surface area contributed by atoms with E-state index in [1.807, 2.05) is 0 Å². The van der Waals surface area contributed by atoms with E-state index in [-0.39, 0.29) is 12.6 Å². The second-order valence-electron chi connectivity index (χ2n) is 2.71. The minimum Gasteiger partial charge on any atom is -0.479 e. The summed E-state index contributed by atoms with van der Waals surface area (Å²) in [7, 11) is 2.85. The summed E-state index contributed by atoms with van der Waals surface area (Å²) in [4.78, 5) is 20.3. The van der Waals surface area contributed by atoms with Crippen molar-refractivity contribution in [1.82, 2.24) is 0 Å². The first-order valence-corrected chi connectivity index (χ1v) is 4.93. The second-order valence-corrected chi connectivity index (χ2v) is 2.71. The molecule has 0 aromatic heterocycles. The highest BCUT2D eigenvalue weighted by molar-refractivity contribution is 5.72. The first-order chi connectivity index (χ1) is 7.53. The molecule has 0 saturated carbocycles. The van der Waals surface area contributed by atoms with Gasteiger partial charge in [0.15, 0.2) is 6.10 Å². The van der Waals surface area contributed by atoms with Gasteiger partial charge in [-0.2, -0.15) is 0 Å². The fourth-order valence-electron chi connectivity index (χ4n) is 0.763. The van der Waals surface area contributed by atoms with Crippen molar-refractivity contribution in [1.29, 1.82) is 0 Å². The van der Waals surface area contributed by atoms with Crippen LogP contribution >= 0.6 is 0 Å². The lowest BCUT2D eigenvalue weighted by molar-refractivity contribution is -0.149. The van der Waals surface area contributed by atoms with Gasteiger partial charge in [-0.15, -0.1) is 0 Å². The molecule has 6 heteroatoms. The van der Waals surface area contributed by atoms with Crippen LogP contribution in [-0.2, 0) is 23.8 Å². The van der Waals surface area contributed by atoms with Gasteiger partial charge in [-0.25, -0.2) is 9.59 Å². The molecule has 0 fully saturated rings. The minimum atomic E-state index is -0.894. The Morgan fingerprint density at radius 3 is 2.00 bits per heavy atom. The summed E-state index contributed by atoms with van der Waals surface area (Å²) in [5, 5.41) is 8.25. The van der Waals surface area contributed by atoms with E-state index in [1.54, 1.807) is 13.8 Å². The monoisotopic (exact) mass is 236 g/mol. The summed E-state index contributed by atoms with van der Waals surface area (Å²) < 4.78 is 13.6. The maximum Gasteiger partial charge on any atom is 0.332 e. The van der Waals surface area contributed by atoms with Crippen molar-refractivity contribution < 1.29 is 28.9 Å². The molecule has 0 aromatic rings. The Kier molecular flexibility index (Phi) is 12.9. The van der Waals surface area contributed by atoms with Crippen LogP contribution in [0.4, 0.5) is 0 Å². The number of ether oxygens (including phenoxy) is 3. The Morgan fingerprint density at radius 1 is 1.25 bits per heavy atom. The Balaban J connectivity index is 0. The third kappa shape index (κ3) is 10.9. The normalized spacial score (nSPS) is 11.0. The lowest BCUT2D eigenvalue weighted by Gasteiger charge is -2.04. The number of esters is 1. The number of carboxylic acids is 1. The molecule has 1 atom stereocenters. The van der Waals surface area contributed by atoms with Crippen molar-refractivity contribution in [2.45, 2.75) is 26.4 Å². The second kappa shape index (κ2) is 11.9. The maximum atomic E-state index is 10.3. The number of carbonyl (C=O) groups is 2. The summed E-state index contributed by atoms with van der Waals surface area (Å²) in [6, 6.07) is 0. The van der Waals surface area contributed by atoms with E-state index >= 15 is 0 Å². The predicted octanol–water partition coefficient (Wildman–Crippen LogP) is 0.692. The zero-order valence-electron chi connectivity index (χ0n) is 10.2. The number of carbonyl (C=O) groups excluding carboxylic acids is 1. The molecule has 0 saturated heterocycles. The summed E-state index contributed by atoms with van der Waals surface area (Å²) >= 11 is 0. The van der Waals surface area contributed by atoms with Crippen molar-refractivity contribution in [3.63, 3.8) is 0 Å². The minimum absolute atomic E-state index is 0.0494. The summed E-state index contributed by atoms with van der Waals surface area (Å²) in [6.45, 7) is 3.99. The molecule has 0 spiro atoms. The average molecular weight is 236 g/mol. The molecule has 0 aliphatic rings. The molecule has 96 valence electrons. The zero-order valence-corrected chi connectivity index (χ0v) is 10.2. The number of rotatable bonds is 6. The van der Waals surface area contributed by atoms with Gasteiger partial charge in [0.2, 0.25) is 0 Å². The van der Waals surface area contributed by atoms with E-state index in [2.05, 4.69) is 14.2 Å². The Bertz CT molecular complexity index is 178. The van der Waals surface area contributed by atoms with Gasteiger partial charge in [0, 0.05) is 14.2 Å². The first-order valence-electron chi connectivity index (χ1n) is 4.93. The molecule has 0 heterocycles. The van der Waals surface area contributed by atoms with E-state index < -0.39 is 12.1 Å². The van der Waals surface area contributed by atoms with Crippen LogP contribution in [0.25, 0.3) is 0 Å². The van der Waals surface area contributed by atoms with Gasteiger partial charge in [0.05, 0.1) is 6.61 Å². The van der Waals surface area contributed by atoms with Gasteiger partial charge in [0.25, 0.3) is 0 Å². The predicted molar refractivity (Wildman–Crippen MR) is 57.2 cm³/mol. The molecular weight excluding hydrogens is 216 g/mol. The number of methoxy groups -OCH3 is 2. The lowest BCUT2D eigenvalue weighted by Crippen LogP contribution is -2.20. The van der Waals surface area contributed by atoms with Crippen LogP contribution in [0.15, 0.2) is 0 Å². The van der Waals surface area contributed by atoms with Crippen LogP contribution in [0.1, 0.15) is 20.3 Å². The number of hydrogen-bond acceptors (Lipinski definition) is 5. The fraction of sp³-hybridized carbons (Fsp3) is 0.800. The Labute approximate surface area is 95.5 Å². The molecule has 0 amide bonds. The highest BCUT2D eigenvalue weighted by Crippen LogP contribution is 1.93. The number of carboxylic acid groups (broad SMARTS) is 1. The first kappa shape index (κ1) is 17.3. The standard InChI is InChI=1S/2C5H10O3/c1-3-8-5(6)4-7-2;1-3-4(8-2)5(6)7/h3-4H2,1-2H3;4H,3H2,1-2H3,(H,6,7). The van der Waals surface area contributed by atoms with Crippen molar-refractivity contribution in [3.05, 3.63) is 0 Å². The van der Waals surface area contributed by atoms with Gasteiger partial charge in [-0.1, -0.05) is 6.92 Å². The number of aliphatic carboxylic acids is 1. The van der Waals surface area contributed by atoms with E-state index in [0.29, 0.717) is 13.0 Å². The van der Waals surface area contributed by atoms with Gasteiger partial charge in [-0.3, -0.25) is 0 Å². The van der Waals surface area contributed by atoms with E-state index in [0.717, 1.165) is 0 Å². The van der Waals surface area contributed by atoms with Crippen molar-refractivity contribution in [2.75, 3.05) is 27.4 Å². The SMILES string of the molecule is CCC(OC)C(=O)O.CCOC(=O)COC. The smallest absolute Gasteiger partial charge is 0.332 e. The molecule has 0 aliphatic carbocycles. The molecular formula is C10H20O6. The van der Waals surface area contributed by atoms with Crippen molar-refractivity contribution in [3.8, 4) is 0 Å². The highest BCUT2D eigenvalue weighted by Gasteiger charge is 2.11. The highest BCUT2D eigenvalue weighted by atomic mass is 16.6. The van der Waals surface area contributed by atoms with Gasteiger partial charge in [0.1, 0.15) is 6.61 Å². The largest absolute Gasteiger partial charge is 0.479 e. The molecule has 0 bridgehead atoms. The molecule has 1 N–H and O–H groups in total. The average Bonchev–Trinajstić information content (AvgIpc) is 2.20. The van der Waals surface area contributed by atoms with Crippen LogP contribution < -0.4 is 0 Å². The van der Waals surface area contributed by atoms with Crippen LogP contribution in [0.2, 0.25) is 0 Å². The summed E-state index contributed by atoms with van der Waals surface area (Å²) in [5.74, 6) is -1.20.